The summed E-state index contributed by atoms with van der Waals surface area (Å²) < 4.78 is 0. The van der Waals surface area contributed by atoms with Gasteiger partial charge in [0.1, 0.15) is 48.0 Å². The van der Waals surface area contributed by atoms with Gasteiger partial charge in [0.2, 0.25) is 53.2 Å². The lowest BCUT2D eigenvalue weighted by Gasteiger charge is -2.27. The lowest BCUT2D eigenvalue weighted by molar-refractivity contribution is -0.142. The quantitative estimate of drug-likeness (QED) is 0.0331. The third-order valence-electron chi connectivity index (χ3n) is 11.5. The molecule has 25 heteroatoms. The van der Waals surface area contributed by atoms with Crippen LogP contribution in [-0.2, 0) is 60.8 Å². The SMILES string of the molecule is CC[C@H](C)[C@H](N)C(=O)N[C@@H](Cc1ccccc1)C(=O)N[C@@H](CO)C(=O)N[C@@H](Cc1ccc(O)cc1)C(=O)N[C@@H](CS)C(=O)N[C@@H](CC(C)C)C(=O)N[C@@H](CO)C(=O)NCC(=O)NCC(=O)N[C@@H](CC(C)C)C(=O)O. The molecule has 0 bridgehead atoms. The minimum absolute atomic E-state index is 0.00894. The van der Waals surface area contributed by atoms with E-state index in [1.54, 1.807) is 65.0 Å². The first kappa shape index (κ1) is 63.3. The summed E-state index contributed by atoms with van der Waals surface area (Å²) in [6.07, 6.45) is 0.469. The molecule has 24 nitrogen and oxygen atoms in total. The maximum atomic E-state index is 14.1. The predicted octanol–water partition coefficient (Wildman–Crippen LogP) is -2.73. The summed E-state index contributed by atoms with van der Waals surface area (Å²) in [7, 11) is 0. The molecule has 0 spiro atoms. The van der Waals surface area contributed by atoms with Gasteiger partial charge in [-0.2, -0.15) is 12.6 Å². The van der Waals surface area contributed by atoms with Crippen LogP contribution in [0.15, 0.2) is 54.6 Å². The predicted molar refractivity (Wildman–Crippen MR) is 273 cm³/mol. The zero-order valence-electron chi connectivity index (χ0n) is 42.5. The van der Waals surface area contributed by atoms with Gasteiger partial charge in [-0.15, -0.1) is 0 Å². The molecule has 410 valence electrons. The van der Waals surface area contributed by atoms with E-state index in [2.05, 4.69) is 60.5 Å². The zero-order valence-corrected chi connectivity index (χ0v) is 43.4. The molecule has 9 amide bonds. The number of thiol groups is 1. The van der Waals surface area contributed by atoms with E-state index >= 15 is 0 Å². The van der Waals surface area contributed by atoms with Gasteiger partial charge in [0, 0.05) is 18.6 Å². The Hall–Kier alpha value is -6.83. The molecule has 0 saturated carbocycles. The van der Waals surface area contributed by atoms with Crippen molar-refractivity contribution in [3.63, 3.8) is 0 Å². The van der Waals surface area contributed by atoms with Gasteiger partial charge in [0.15, 0.2) is 0 Å². The van der Waals surface area contributed by atoms with Crippen LogP contribution in [0.3, 0.4) is 0 Å². The Morgan fingerprint density at radius 3 is 1.43 bits per heavy atom. The van der Waals surface area contributed by atoms with E-state index in [0.717, 1.165) is 0 Å². The topological polar surface area (TPSA) is 386 Å². The fourth-order valence-corrected chi connectivity index (χ4v) is 7.29. The number of carbonyl (C=O) groups excluding carboxylic acids is 9. The maximum absolute atomic E-state index is 14.1. The number of aliphatic carboxylic acids is 1. The molecule has 2 aromatic rings. The van der Waals surface area contributed by atoms with E-state index in [1.165, 1.54) is 24.3 Å². The number of hydrogen-bond acceptors (Lipinski definition) is 15. The molecule has 0 aliphatic rings. The van der Waals surface area contributed by atoms with Gasteiger partial charge in [-0.1, -0.05) is 90.4 Å². The maximum Gasteiger partial charge on any atom is 0.326 e. The average Bonchev–Trinajstić information content (AvgIpc) is 3.36. The molecule has 0 aliphatic carbocycles. The molecule has 0 fully saturated rings. The van der Waals surface area contributed by atoms with E-state index in [-0.39, 0.29) is 54.9 Å². The first-order valence-electron chi connectivity index (χ1n) is 24.2. The minimum Gasteiger partial charge on any atom is -0.508 e. The monoisotopic (exact) mass is 1060 g/mol. The molecule has 74 heavy (non-hydrogen) atoms. The fourth-order valence-electron chi connectivity index (χ4n) is 7.03. The van der Waals surface area contributed by atoms with Gasteiger partial charge < -0.3 is 74.0 Å². The highest BCUT2D eigenvalue weighted by atomic mass is 32.1. The van der Waals surface area contributed by atoms with Crippen molar-refractivity contribution >= 4 is 71.8 Å². The number of rotatable bonds is 32. The minimum atomic E-state index is -1.66. The highest BCUT2D eigenvalue weighted by Crippen LogP contribution is 2.14. The van der Waals surface area contributed by atoms with Gasteiger partial charge in [0.25, 0.3) is 0 Å². The third kappa shape index (κ3) is 22.5. The number of aromatic hydroxyl groups is 1. The number of nitrogens with two attached hydrogens (primary N) is 1. The molecule has 9 atom stereocenters. The smallest absolute Gasteiger partial charge is 0.326 e. The molecule has 0 aromatic heterocycles. The van der Waals surface area contributed by atoms with E-state index < -0.39 is 134 Å². The highest BCUT2D eigenvalue weighted by Gasteiger charge is 2.34. The number of aliphatic hydroxyl groups is 2. The van der Waals surface area contributed by atoms with Crippen LogP contribution < -0.4 is 53.6 Å². The molecule has 0 radical (unpaired) electrons. The van der Waals surface area contributed by atoms with Crippen LogP contribution in [-0.4, -0.2) is 160 Å². The number of nitrogens with one attached hydrogen (secondary N) is 9. The van der Waals surface area contributed by atoms with Crippen LogP contribution in [0.2, 0.25) is 0 Å². The van der Waals surface area contributed by atoms with E-state index in [4.69, 9.17) is 5.73 Å². The molecule has 2 rings (SSSR count). The van der Waals surface area contributed by atoms with Crippen molar-refractivity contribution in [3.8, 4) is 5.75 Å². The Morgan fingerprint density at radius 1 is 0.514 bits per heavy atom. The number of carbonyl (C=O) groups is 10. The van der Waals surface area contributed by atoms with Gasteiger partial charge in [-0.05, 0) is 53.9 Å². The summed E-state index contributed by atoms with van der Waals surface area (Å²) in [6, 6.07) is 3.30. The van der Waals surface area contributed by atoms with Gasteiger partial charge in [0.05, 0.1) is 32.3 Å². The number of aliphatic hydroxyl groups excluding tert-OH is 2. The number of hydrogen-bond donors (Lipinski definition) is 15. The summed E-state index contributed by atoms with van der Waals surface area (Å²) in [5.74, 6) is -10.1. The summed E-state index contributed by atoms with van der Waals surface area (Å²) in [5, 5.41) is 61.3. The first-order chi connectivity index (χ1) is 34.9. The van der Waals surface area contributed by atoms with E-state index in [0.29, 0.717) is 17.5 Å². The second kappa shape index (κ2) is 32.4. The average molecular weight is 1060 g/mol. The number of phenols is 1. The zero-order chi connectivity index (χ0) is 55.7. The van der Waals surface area contributed by atoms with Crippen LogP contribution in [0.1, 0.15) is 71.9 Å². The van der Waals surface area contributed by atoms with Crippen LogP contribution in [0.4, 0.5) is 0 Å². The van der Waals surface area contributed by atoms with Crippen molar-refractivity contribution in [2.45, 2.75) is 122 Å². The molecule has 0 unspecified atom stereocenters. The molecule has 0 saturated heterocycles. The lowest BCUT2D eigenvalue weighted by Crippen LogP contribution is -2.61. The number of carboxylic acid groups (broad SMARTS) is 1. The van der Waals surface area contributed by atoms with Gasteiger partial charge in [-0.3, -0.25) is 43.2 Å². The Balaban J connectivity index is 2.23. The van der Waals surface area contributed by atoms with Crippen molar-refractivity contribution in [3.05, 3.63) is 65.7 Å². The summed E-state index contributed by atoms with van der Waals surface area (Å²) in [4.78, 5) is 131. The standard InChI is InChI=1S/C49H74N10O14S/c1-7-28(6)41(50)48(71)56-34(19-29-11-9-8-10-12-29)44(67)58-37(24-61)46(69)55-33(20-30-13-15-31(62)16-14-30)45(68)59-38(25-74)47(70)54-32(17-26(2)3)43(66)57-36(23-60)42(65)52-21-39(63)51-22-40(64)53-35(49(72)73)18-27(4)5/h8-16,26-28,32-38,41,60-62,74H,7,17-25,50H2,1-6H3,(H,51,63)(H,52,65)(H,53,64)(H,54,70)(H,55,69)(H,56,71)(H,57,66)(H,58,67)(H,59,68)(H,72,73)/t28-,32-,33-,34-,35-,36-,37-,38-,41-/m0/s1. The molecular weight excluding hydrogens is 985 g/mol. The highest BCUT2D eigenvalue weighted by molar-refractivity contribution is 7.80. The second-order valence-electron chi connectivity index (χ2n) is 18.6. The Kier molecular flexibility index (Phi) is 27.7. The Labute approximate surface area is 435 Å². The van der Waals surface area contributed by atoms with Crippen LogP contribution in [0.5, 0.6) is 5.75 Å². The lowest BCUT2D eigenvalue weighted by atomic mass is 9.98. The summed E-state index contributed by atoms with van der Waals surface area (Å²) in [6.45, 7) is 7.43. The van der Waals surface area contributed by atoms with Gasteiger partial charge in [-0.25, -0.2) is 4.79 Å². The normalized spacial score (nSPS) is 14.8. The van der Waals surface area contributed by atoms with Crippen molar-refractivity contribution in [2.75, 3.05) is 32.1 Å². The van der Waals surface area contributed by atoms with Crippen LogP contribution >= 0.6 is 12.6 Å². The van der Waals surface area contributed by atoms with E-state index in [1.807, 2.05) is 6.92 Å². The molecule has 2 aromatic carbocycles. The van der Waals surface area contributed by atoms with Crippen molar-refractivity contribution in [1.82, 2.24) is 47.9 Å². The van der Waals surface area contributed by atoms with Crippen molar-refractivity contribution in [1.29, 1.82) is 0 Å². The Morgan fingerprint density at radius 2 is 0.932 bits per heavy atom. The first-order valence-corrected chi connectivity index (χ1v) is 24.8. The summed E-state index contributed by atoms with van der Waals surface area (Å²) >= 11 is 4.24. The molecule has 15 N–H and O–H groups in total. The largest absolute Gasteiger partial charge is 0.508 e. The van der Waals surface area contributed by atoms with Crippen molar-refractivity contribution < 1.29 is 68.4 Å². The third-order valence-corrected chi connectivity index (χ3v) is 11.8. The number of benzene rings is 2. The van der Waals surface area contributed by atoms with Crippen LogP contribution in [0, 0.1) is 17.8 Å². The fraction of sp³-hybridized carbons (Fsp3) is 0.551. The Bertz CT molecular complexity index is 2200. The summed E-state index contributed by atoms with van der Waals surface area (Å²) in [5.41, 5.74) is 7.24. The van der Waals surface area contributed by atoms with E-state index in [9.17, 15) is 68.4 Å². The number of carboxylic acids is 1. The van der Waals surface area contributed by atoms with Crippen LogP contribution in [0.25, 0.3) is 0 Å². The van der Waals surface area contributed by atoms with Crippen molar-refractivity contribution in [2.24, 2.45) is 23.5 Å². The number of amides is 9. The second-order valence-corrected chi connectivity index (χ2v) is 19.0. The number of phenolic OH excluding ortho intramolecular Hbond substituents is 1. The van der Waals surface area contributed by atoms with Gasteiger partial charge >= 0.3 is 5.97 Å². The molecule has 0 aliphatic heterocycles. The molecule has 0 heterocycles. The molecular formula is C49H74N10O14S.